The Morgan fingerprint density at radius 2 is 2.50 bits per heavy atom. The van der Waals surface area contributed by atoms with Crippen LogP contribution >= 0.6 is 0 Å². The first kappa shape index (κ1) is 5.69. The van der Waals surface area contributed by atoms with Crippen LogP contribution in [-0.4, -0.2) is 19.3 Å². The first-order valence-corrected chi connectivity index (χ1v) is 2.83. The quantitative estimate of drug-likeness (QED) is 0.477. The van der Waals surface area contributed by atoms with Gasteiger partial charge in [0.2, 0.25) is 0 Å². The molecule has 1 heterocycles. The van der Waals surface area contributed by atoms with Crippen molar-refractivity contribution in [3.8, 4) is 0 Å². The summed E-state index contributed by atoms with van der Waals surface area (Å²) in [5, 5.41) is 2.87. The Hall–Kier alpha value is -0.440. The Bertz CT molecular complexity index is 78.5. The molecule has 0 aromatic carbocycles. The fourth-order valence-corrected chi connectivity index (χ4v) is 0.807. The molecule has 3 heteroatoms. The second-order valence-corrected chi connectivity index (χ2v) is 1.98. The van der Waals surface area contributed by atoms with Crippen LogP contribution in [0.25, 0.3) is 0 Å². The first-order valence-electron chi connectivity index (χ1n) is 2.83. The molecule has 0 radical (unpaired) electrons. The molecular formula is C5H9NO2. The van der Waals surface area contributed by atoms with E-state index in [9.17, 15) is 4.91 Å². The van der Waals surface area contributed by atoms with Crippen LogP contribution in [0.4, 0.5) is 0 Å². The second-order valence-electron chi connectivity index (χ2n) is 1.98. The fourth-order valence-electron chi connectivity index (χ4n) is 0.807. The minimum atomic E-state index is -0.0660. The van der Waals surface area contributed by atoms with Crippen LogP contribution in [-0.2, 0) is 4.74 Å². The topological polar surface area (TPSA) is 38.7 Å². The lowest BCUT2D eigenvalue weighted by Crippen LogP contribution is -2.19. The maximum Gasteiger partial charge on any atom is 0.115 e. The van der Waals surface area contributed by atoms with Gasteiger partial charge in [-0.05, 0) is 12.8 Å². The minimum Gasteiger partial charge on any atom is -0.379 e. The number of nitrogens with zero attached hydrogens (tertiary/aromatic N) is 1. The molecule has 0 N–H and O–H groups in total. The highest BCUT2D eigenvalue weighted by atomic mass is 16.5. The summed E-state index contributed by atoms with van der Waals surface area (Å²) >= 11 is 0. The van der Waals surface area contributed by atoms with E-state index in [-0.39, 0.29) is 6.04 Å². The fraction of sp³-hybridized carbons (Fsp3) is 1.00. The maximum atomic E-state index is 9.83. The van der Waals surface area contributed by atoms with Gasteiger partial charge in [-0.15, -0.1) is 0 Å². The predicted molar refractivity (Wildman–Crippen MR) is 29.6 cm³/mol. The molecule has 3 nitrogen and oxygen atoms in total. The predicted octanol–water partition coefficient (Wildman–Crippen LogP) is 0.932. The van der Waals surface area contributed by atoms with Gasteiger partial charge in [-0.2, -0.15) is 4.91 Å². The van der Waals surface area contributed by atoms with Gasteiger partial charge in [-0.25, -0.2) is 0 Å². The summed E-state index contributed by atoms with van der Waals surface area (Å²) in [6.45, 7) is 1.33. The van der Waals surface area contributed by atoms with Gasteiger partial charge in [-0.3, -0.25) is 0 Å². The normalized spacial score (nSPS) is 29.8. The summed E-state index contributed by atoms with van der Waals surface area (Å²) in [5.74, 6) is 0. The van der Waals surface area contributed by atoms with E-state index in [0.717, 1.165) is 19.4 Å². The monoisotopic (exact) mass is 115 g/mol. The second kappa shape index (κ2) is 2.77. The van der Waals surface area contributed by atoms with Crippen molar-refractivity contribution in [2.75, 3.05) is 13.2 Å². The molecule has 1 atom stereocenters. The van der Waals surface area contributed by atoms with Gasteiger partial charge in [0.25, 0.3) is 0 Å². The molecule has 0 aliphatic carbocycles. The number of nitroso groups, excluding NO2 is 1. The summed E-state index contributed by atoms with van der Waals surface area (Å²) in [5.41, 5.74) is 0. The highest BCUT2D eigenvalue weighted by molar-refractivity contribution is 4.67. The maximum absolute atomic E-state index is 9.83. The summed E-state index contributed by atoms with van der Waals surface area (Å²) < 4.78 is 4.98. The average Bonchev–Trinajstić information content (AvgIpc) is 1.90. The van der Waals surface area contributed by atoms with Crippen LogP contribution in [0.3, 0.4) is 0 Å². The van der Waals surface area contributed by atoms with E-state index < -0.39 is 0 Å². The van der Waals surface area contributed by atoms with Gasteiger partial charge in [0, 0.05) is 6.61 Å². The van der Waals surface area contributed by atoms with Crippen LogP contribution in [0, 0.1) is 4.91 Å². The Labute approximate surface area is 48.0 Å². The van der Waals surface area contributed by atoms with Crippen molar-refractivity contribution in [1.29, 1.82) is 0 Å². The van der Waals surface area contributed by atoms with Crippen molar-refractivity contribution >= 4 is 0 Å². The molecule has 0 aromatic rings. The molecule has 46 valence electrons. The molecule has 1 rings (SSSR count). The molecule has 1 saturated heterocycles. The molecule has 0 bridgehead atoms. The molecule has 8 heavy (non-hydrogen) atoms. The van der Waals surface area contributed by atoms with Crippen molar-refractivity contribution < 1.29 is 4.74 Å². The van der Waals surface area contributed by atoms with E-state index in [1.807, 2.05) is 0 Å². The summed E-state index contributed by atoms with van der Waals surface area (Å²) in [6, 6.07) is -0.0660. The molecular weight excluding hydrogens is 106 g/mol. The standard InChI is InChI=1S/C5H9NO2/c7-6-5-2-1-3-8-4-5/h5H,1-4H2. The largest absolute Gasteiger partial charge is 0.379 e. The van der Waals surface area contributed by atoms with Crippen molar-refractivity contribution in [2.24, 2.45) is 5.18 Å². The summed E-state index contributed by atoms with van der Waals surface area (Å²) in [7, 11) is 0. The van der Waals surface area contributed by atoms with Crippen LogP contribution < -0.4 is 0 Å². The average molecular weight is 115 g/mol. The van der Waals surface area contributed by atoms with E-state index in [0.29, 0.717) is 6.61 Å². The van der Waals surface area contributed by atoms with E-state index >= 15 is 0 Å². The Balaban J connectivity index is 2.22. The van der Waals surface area contributed by atoms with Crippen LogP contribution in [0.2, 0.25) is 0 Å². The third-order valence-corrected chi connectivity index (χ3v) is 1.29. The van der Waals surface area contributed by atoms with Gasteiger partial charge in [-0.1, -0.05) is 5.18 Å². The van der Waals surface area contributed by atoms with Crippen molar-refractivity contribution in [3.63, 3.8) is 0 Å². The summed E-state index contributed by atoms with van der Waals surface area (Å²) in [6.07, 6.45) is 1.89. The van der Waals surface area contributed by atoms with E-state index in [2.05, 4.69) is 5.18 Å². The Morgan fingerprint density at radius 3 is 2.88 bits per heavy atom. The lowest BCUT2D eigenvalue weighted by atomic mass is 10.1. The number of hydrogen-bond acceptors (Lipinski definition) is 3. The number of rotatable bonds is 1. The van der Waals surface area contributed by atoms with Crippen molar-refractivity contribution in [1.82, 2.24) is 0 Å². The van der Waals surface area contributed by atoms with E-state index in [4.69, 9.17) is 4.74 Å². The van der Waals surface area contributed by atoms with Crippen LogP contribution in [0.5, 0.6) is 0 Å². The smallest absolute Gasteiger partial charge is 0.115 e. The molecule has 0 spiro atoms. The van der Waals surface area contributed by atoms with Gasteiger partial charge in [0.15, 0.2) is 0 Å². The highest BCUT2D eigenvalue weighted by Gasteiger charge is 2.12. The molecule has 0 aromatic heterocycles. The molecule has 1 aliphatic heterocycles. The van der Waals surface area contributed by atoms with Crippen molar-refractivity contribution in [2.45, 2.75) is 18.9 Å². The van der Waals surface area contributed by atoms with Gasteiger partial charge in [0.1, 0.15) is 6.04 Å². The Morgan fingerprint density at radius 1 is 1.62 bits per heavy atom. The van der Waals surface area contributed by atoms with Gasteiger partial charge < -0.3 is 4.74 Å². The molecule has 0 amide bonds. The molecule has 0 saturated carbocycles. The third kappa shape index (κ3) is 1.26. The zero-order valence-corrected chi connectivity index (χ0v) is 4.67. The number of ether oxygens (including phenoxy) is 1. The molecule has 1 unspecified atom stereocenters. The lowest BCUT2D eigenvalue weighted by molar-refractivity contribution is 0.0824. The summed E-state index contributed by atoms with van der Waals surface area (Å²) in [4.78, 5) is 9.83. The highest BCUT2D eigenvalue weighted by Crippen LogP contribution is 2.08. The zero-order chi connectivity index (χ0) is 5.82. The SMILES string of the molecule is O=NC1CCCOC1. The van der Waals surface area contributed by atoms with E-state index in [1.54, 1.807) is 0 Å². The minimum absolute atomic E-state index is 0.0660. The van der Waals surface area contributed by atoms with E-state index in [1.165, 1.54) is 0 Å². The molecule has 1 fully saturated rings. The third-order valence-electron chi connectivity index (χ3n) is 1.29. The number of hydrogen-bond donors (Lipinski definition) is 0. The lowest BCUT2D eigenvalue weighted by Gasteiger charge is -2.14. The Kier molecular flexibility index (Phi) is 1.97. The zero-order valence-electron chi connectivity index (χ0n) is 4.67. The van der Waals surface area contributed by atoms with Crippen LogP contribution in [0.1, 0.15) is 12.8 Å². The molecule has 1 aliphatic rings. The van der Waals surface area contributed by atoms with Gasteiger partial charge >= 0.3 is 0 Å². The van der Waals surface area contributed by atoms with Crippen LogP contribution in [0.15, 0.2) is 5.18 Å². The first-order chi connectivity index (χ1) is 3.93. The van der Waals surface area contributed by atoms with Gasteiger partial charge in [0.05, 0.1) is 6.61 Å². The van der Waals surface area contributed by atoms with Crippen molar-refractivity contribution in [3.05, 3.63) is 4.91 Å².